The van der Waals surface area contributed by atoms with Crippen LogP contribution in [0.15, 0.2) is 28.7 Å². The van der Waals surface area contributed by atoms with Crippen molar-refractivity contribution < 1.29 is 0 Å². The zero-order valence-corrected chi connectivity index (χ0v) is 12.2. The zero-order valence-electron chi connectivity index (χ0n) is 9.84. The van der Waals surface area contributed by atoms with Gasteiger partial charge in [0.1, 0.15) is 0 Å². The lowest BCUT2D eigenvalue weighted by Crippen LogP contribution is -2.14. The molecule has 0 radical (unpaired) electrons. The Labute approximate surface area is 112 Å². The molecular weight excluding hydrogens is 282 g/mol. The largest absolute Gasteiger partial charge is 0.313 e. The standard InChI is InChI=1S/C13H20BrNS/c1-16-10-6-2-5-9-15-11-12-7-3-4-8-13(12)14/h3-4,7-8,15H,2,5-6,9-11H2,1H3. The Hall–Kier alpha value is 0.01000. The Balaban J connectivity index is 2.05. The highest BCUT2D eigenvalue weighted by Gasteiger charge is 1.96. The van der Waals surface area contributed by atoms with Gasteiger partial charge >= 0.3 is 0 Å². The van der Waals surface area contributed by atoms with Crippen LogP contribution in [0, 0.1) is 0 Å². The van der Waals surface area contributed by atoms with Gasteiger partial charge in [-0.3, -0.25) is 0 Å². The molecule has 0 unspecified atom stereocenters. The predicted molar refractivity (Wildman–Crippen MR) is 78.1 cm³/mol. The molecule has 1 aromatic rings. The summed E-state index contributed by atoms with van der Waals surface area (Å²) in [7, 11) is 0. The van der Waals surface area contributed by atoms with Crippen LogP contribution in [0.25, 0.3) is 0 Å². The summed E-state index contributed by atoms with van der Waals surface area (Å²) in [6.07, 6.45) is 6.14. The second-order valence-electron chi connectivity index (χ2n) is 3.82. The third kappa shape index (κ3) is 5.92. The Morgan fingerprint density at radius 1 is 1.19 bits per heavy atom. The lowest BCUT2D eigenvalue weighted by Gasteiger charge is -2.06. The summed E-state index contributed by atoms with van der Waals surface area (Å²) in [6, 6.07) is 8.39. The van der Waals surface area contributed by atoms with Crippen LogP contribution in [-0.2, 0) is 6.54 Å². The molecule has 0 fully saturated rings. The molecule has 0 aliphatic heterocycles. The van der Waals surface area contributed by atoms with Crippen LogP contribution < -0.4 is 5.32 Å². The molecule has 1 nitrogen and oxygen atoms in total. The van der Waals surface area contributed by atoms with Gasteiger partial charge in [0, 0.05) is 11.0 Å². The molecule has 0 bridgehead atoms. The quantitative estimate of drug-likeness (QED) is 0.726. The van der Waals surface area contributed by atoms with E-state index < -0.39 is 0 Å². The molecule has 1 N–H and O–H groups in total. The third-order valence-electron chi connectivity index (χ3n) is 2.48. The minimum Gasteiger partial charge on any atom is -0.313 e. The van der Waals surface area contributed by atoms with Crippen LogP contribution >= 0.6 is 27.7 Å². The summed E-state index contributed by atoms with van der Waals surface area (Å²) in [5, 5.41) is 3.48. The average molecular weight is 302 g/mol. The topological polar surface area (TPSA) is 12.0 Å². The van der Waals surface area contributed by atoms with Crippen LogP contribution in [0.3, 0.4) is 0 Å². The van der Waals surface area contributed by atoms with E-state index in [2.05, 4.69) is 51.8 Å². The van der Waals surface area contributed by atoms with Crippen LogP contribution in [0.2, 0.25) is 0 Å². The highest BCUT2D eigenvalue weighted by Crippen LogP contribution is 2.15. The monoisotopic (exact) mass is 301 g/mol. The molecule has 0 spiro atoms. The molecule has 0 aliphatic rings. The molecule has 0 heterocycles. The fraction of sp³-hybridized carbons (Fsp3) is 0.538. The van der Waals surface area contributed by atoms with Crippen LogP contribution in [0.1, 0.15) is 24.8 Å². The van der Waals surface area contributed by atoms with Crippen molar-refractivity contribution in [2.75, 3.05) is 18.6 Å². The first-order valence-corrected chi connectivity index (χ1v) is 7.96. The maximum atomic E-state index is 3.56. The van der Waals surface area contributed by atoms with Gasteiger partial charge in [0.25, 0.3) is 0 Å². The van der Waals surface area contributed by atoms with Gasteiger partial charge in [0.15, 0.2) is 0 Å². The number of hydrogen-bond donors (Lipinski definition) is 1. The van der Waals surface area contributed by atoms with E-state index in [1.165, 1.54) is 35.1 Å². The summed E-state index contributed by atoms with van der Waals surface area (Å²) >= 11 is 5.49. The van der Waals surface area contributed by atoms with Gasteiger partial charge in [-0.1, -0.05) is 40.5 Å². The summed E-state index contributed by atoms with van der Waals surface area (Å²) in [5.74, 6) is 1.30. The third-order valence-corrected chi connectivity index (χ3v) is 3.95. The predicted octanol–water partition coefficient (Wildman–Crippen LogP) is 4.07. The van der Waals surface area contributed by atoms with Crippen molar-refractivity contribution in [1.29, 1.82) is 0 Å². The zero-order chi connectivity index (χ0) is 11.6. The van der Waals surface area contributed by atoms with Gasteiger partial charge in [-0.25, -0.2) is 0 Å². The Morgan fingerprint density at radius 2 is 2.00 bits per heavy atom. The van der Waals surface area contributed by atoms with E-state index >= 15 is 0 Å². The van der Waals surface area contributed by atoms with Gasteiger partial charge in [-0.2, -0.15) is 11.8 Å². The second-order valence-corrected chi connectivity index (χ2v) is 5.66. The summed E-state index contributed by atoms with van der Waals surface area (Å²) in [6.45, 7) is 2.08. The molecule has 0 aromatic heterocycles. The molecule has 0 saturated heterocycles. The average Bonchev–Trinajstić information content (AvgIpc) is 2.30. The minimum absolute atomic E-state index is 0.962. The Kier molecular flexibility index (Phi) is 7.99. The molecule has 0 aliphatic carbocycles. The first-order chi connectivity index (χ1) is 7.84. The molecular formula is C13H20BrNS. The van der Waals surface area contributed by atoms with Gasteiger partial charge < -0.3 is 5.32 Å². The Morgan fingerprint density at radius 3 is 2.75 bits per heavy atom. The molecule has 16 heavy (non-hydrogen) atoms. The fourth-order valence-corrected chi connectivity index (χ4v) is 2.46. The molecule has 90 valence electrons. The van der Waals surface area contributed by atoms with E-state index in [4.69, 9.17) is 0 Å². The first kappa shape index (κ1) is 14.1. The SMILES string of the molecule is CSCCCCCNCc1ccccc1Br. The molecule has 1 aromatic carbocycles. The molecule has 1 rings (SSSR count). The minimum atomic E-state index is 0.962. The summed E-state index contributed by atoms with van der Waals surface area (Å²) in [5.41, 5.74) is 1.34. The molecule has 0 saturated carbocycles. The fourth-order valence-electron chi connectivity index (χ4n) is 1.54. The number of nitrogens with one attached hydrogen (secondary N) is 1. The number of unbranched alkanes of at least 4 members (excludes halogenated alkanes) is 2. The number of rotatable bonds is 8. The molecule has 0 amide bonds. The maximum Gasteiger partial charge on any atom is 0.0220 e. The summed E-state index contributed by atoms with van der Waals surface area (Å²) < 4.78 is 1.20. The molecule has 0 atom stereocenters. The van der Waals surface area contributed by atoms with E-state index in [9.17, 15) is 0 Å². The van der Waals surface area contributed by atoms with E-state index in [-0.39, 0.29) is 0 Å². The van der Waals surface area contributed by atoms with Crippen LogP contribution in [-0.4, -0.2) is 18.6 Å². The van der Waals surface area contributed by atoms with Gasteiger partial charge in [0.2, 0.25) is 0 Å². The highest BCUT2D eigenvalue weighted by molar-refractivity contribution is 9.10. The highest BCUT2D eigenvalue weighted by atomic mass is 79.9. The summed E-state index contributed by atoms with van der Waals surface area (Å²) in [4.78, 5) is 0. The second kappa shape index (κ2) is 9.08. The number of benzene rings is 1. The van der Waals surface area contributed by atoms with Gasteiger partial charge in [0.05, 0.1) is 0 Å². The van der Waals surface area contributed by atoms with Gasteiger partial charge in [-0.05, 0) is 43.0 Å². The first-order valence-electron chi connectivity index (χ1n) is 5.77. The lowest BCUT2D eigenvalue weighted by atomic mass is 10.2. The Bertz CT molecular complexity index is 291. The van der Waals surface area contributed by atoms with Gasteiger partial charge in [-0.15, -0.1) is 0 Å². The van der Waals surface area contributed by atoms with E-state index in [0.29, 0.717) is 0 Å². The number of hydrogen-bond acceptors (Lipinski definition) is 2. The number of thioether (sulfide) groups is 1. The smallest absolute Gasteiger partial charge is 0.0220 e. The van der Waals surface area contributed by atoms with Crippen molar-refractivity contribution in [2.45, 2.75) is 25.8 Å². The normalized spacial score (nSPS) is 10.6. The van der Waals surface area contributed by atoms with Crippen LogP contribution in [0.4, 0.5) is 0 Å². The lowest BCUT2D eigenvalue weighted by molar-refractivity contribution is 0.618. The van der Waals surface area contributed by atoms with Crippen molar-refractivity contribution in [3.05, 3.63) is 34.3 Å². The van der Waals surface area contributed by atoms with E-state index in [0.717, 1.165) is 13.1 Å². The van der Waals surface area contributed by atoms with Crippen molar-refractivity contribution in [3.63, 3.8) is 0 Å². The van der Waals surface area contributed by atoms with Crippen LogP contribution in [0.5, 0.6) is 0 Å². The maximum absolute atomic E-state index is 3.56. The number of halogens is 1. The van der Waals surface area contributed by atoms with E-state index in [1.54, 1.807) is 0 Å². The van der Waals surface area contributed by atoms with Crippen molar-refractivity contribution in [3.8, 4) is 0 Å². The van der Waals surface area contributed by atoms with Crippen molar-refractivity contribution >= 4 is 27.7 Å². The van der Waals surface area contributed by atoms with Crippen molar-refractivity contribution in [2.24, 2.45) is 0 Å². The van der Waals surface area contributed by atoms with Crippen molar-refractivity contribution in [1.82, 2.24) is 5.32 Å². The van der Waals surface area contributed by atoms with E-state index in [1.807, 2.05) is 11.8 Å². The molecule has 3 heteroatoms.